The van der Waals surface area contributed by atoms with Gasteiger partial charge in [-0.1, -0.05) is 11.6 Å². The van der Waals surface area contributed by atoms with Crippen LogP contribution in [0.1, 0.15) is 5.56 Å². The van der Waals surface area contributed by atoms with Crippen LogP contribution in [0, 0.1) is 0 Å². The Morgan fingerprint density at radius 1 is 1.40 bits per heavy atom. The highest BCUT2D eigenvalue weighted by Crippen LogP contribution is 2.36. The second-order valence-corrected chi connectivity index (χ2v) is 4.44. The van der Waals surface area contributed by atoms with Crippen LogP contribution in [0.5, 0.6) is 11.5 Å². The van der Waals surface area contributed by atoms with Crippen molar-refractivity contribution in [3.8, 4) is 11.5 Å². The lowest BCUT2D eigenvalue weighted by Gasteiger charge is -2.13. The van der Waals surface area contributed by atoms with Gasteiger partial charge in [-0.3, -0.25) is 4.79 Å². The quantitative estimate of drug-likeness (QED) is 0.664. The molecule has 0 atom stereocenters. The SMILES string of the molecule is COCCNCc1cc(Cl)c(OCC(N)=O)c(OC)c1. The first-order chi connectivity index (χ1) is 9.58. The molecule has 0 aliphatic carbocycles. The van der Waals surface area contributed by atoms with Crippen molar-refractivity contribution in [1.82, 2.24) is 5.32 Å². The van der Waals surface area contributed by atoms with E-state index in [1.165, 1.54) is 7.11 Å². The Labute approximate surface area is 123 Å². The third-order valence-electron chi connectivity index (χ3n) is 2.46. The van der Waals surface area contributed by atoms with Gasteiger partial charge in [0.05, 0.1) is 18.7 Å². The molecule has 0 aromatic heterocycles. The number of halogens is 1. The van der Waals surface area contributed by atoms with Crippen LogP contribution >= 0.6 is 11.6 Å². The molecule has 0 saturated carbocycles. The third kappa shape index (κ3) is 5.24. The minimum atomic E-state index is -0.576. The largest absolute Gasteiger partial charge is 0.493 e. The Morgan fingerprint density at radius 2 is 2.15 bits per heavy atom. The molecule has 0 unspecified atom stereocenters. The lowest BCUT2D eigenvalue weighted by atomic mass is 10.2. The van der Waals surface area contributed by atoms with E-state index in [1.54, 1.807) is 19.2 Å². The Hall–Kier alpha value is -1.50. The van der Waals surface area contributed by atoms with Crippen LogP contribution in [0.2, 0.25) is 5.02 Å². The molecule has 7 heteroatoms. The molecule has 0 aliphatic rings. The Morgan fingerprint density at radius 3 is 2.75 bits per heavy atom. The normalized spacial score (nSPS) is 10.3. The summed E-state index contributed by atoms with van der Waals surface area (Å²) in [7, 11) is 3.15. The Bertz CT molecular complexity index is 454. The number of ether oxygens (including phenoxy) is 3. The summed E-state index contributed by atoms with van der Waals surface area (Å²) in [5.41, 5.74) is 5.98. The number of hydrogen-bond donors (Lipinski definition) is 2. The molecule has 0 aliphatic heterocycles. The highest BCUT2D eigenvalue weighted by molar-refractivity contribution is 6.32. The molecule has 0 saturated heterocycles. The maximum absolute atomic E-state index is 10.7. The average molecular weight is 303 g/mol. The van der Waals surface area contributed by atoms with Crippen LogP contribution in [0.25, 0.3) is 0 Å². The summed E-state index contributed by atoms with van der Waals surface area (Å²) in [5.74, 6) is 0.198. The monoisotopic (exact) mass is 302 g/mol. The summed E-state index contributed by atoms with van der Waals surface area (Å²) in [6, 6.07) is 3.54. The van der Waals surface area contributed by atoms with Gasteiger partial charge in [-0.25, -0.2) is 0 Å². The van der Waals surface area contributed by atoms with Crippen molar-refractivity contribution in [1.29, 1.82) is 0 Å². The lowest BCUT2D eigenvalue weighted by Crippen LogP contribution is -2.20. The summed E-state index contributed by atoms with van der Waals surface area (Å²) in [4.78, 5) is 10.7. The molecule has 0 radical (unpaired) electrons. The van der Waals surface area contributed by atoms with Gasteiger partial charge in [0.1, 0.15) is 0 Å². The number of methoxy groups -OCH3 is 2. The number of carbonyl (C=O) groups excluding carboxylic acids is 1. The predicted octanol–water partition coefficient (Wildman–Crippen LogP) is 0.949. The summed E-state index contributed by atoms with van der Waals surface area (Å²) >= 11 is 6.13. The third-order valence-corrected chi connectivity index (χ3v) is 2.74. The van der Waals surface area contributed by atoms with Crippen molar-refractivity contribution < 1.29 is 19.0 Å². The Kier molecular flexibility index (Phi) is 7.14. The smallest absolute Gasteiger partial charge is 0.255 e. The number of nitrogens with two attached hydrogens (primary N) is 1. The van der Waals surface area contributed by atoms with Gasteiger partial charge in [0.15, 0.2) is 18.1 Å². The van der Waals surface area contributed by atoms with E-state index in [0.717, 1.165) is 12.1 Å². The van der Waals surface area contributed by atoms with Gasteiger partial charge in [-0.2, -0.15) is 0 Å². The van der Waals surface area contributed by atoms with Crippen molar-refractivity contribution in [2.75, 3.05) is 34.0 Å². The molecule has 1 amide bonds. The van der Waals surface area contributed by atoms with Crippen LogP contribution in [0.4, 0.5) is 0 Å². The van der Waals surface area contributed by atoms with Gasteiger partial charge in [-0.15, -0.1) is 0 Å². The molecule has 0 bridgehead atoms. The molecule has 1 rings (SSSR count). The van der Waals surface area contributed by atoms with Crippen LogP contribution in [0.15, 0.2) is 12.1 Å². The number of rotatable bonds is 9. The number of nitrogens with one attached hydrogen (secondary N) is 1. The molecular weight excluding hydrogens is 284 g/mol. The van der Waals surface area contributed by atoms with E-state index in [0.29, 0.717) is 29.7 Å². The molecule has 0 spiro atoms. The van der Waals surface area contributed by atoms with Crippen LogP contribution in [-0.2, 0) is 16.1 Å². The zero-order valence-electron chi connectivity index (χ0n) is 11.6. The van der Waals surface area contributed by atoms with E-state index in [2.05, 4.69) is 5.32 Å². The minimum absolute atomic E-state index is 0.248. The first kappa shape index (κ1) is 16.6. The Balaban J connectivity index is 2.75. The summed E-state index contributed by atoms with van der Waals surface area (Å²) in [5, 5.41) is 3.57. The molecule has 112 valence electrons. The molecule has 6 nitrogen and oxygen atoms in total. The fourth-order valence-electron chi connectivity index (χ4n) is 1.57. The van der Waals surface area contributed by atoms with Gasteiger partial charge >= 0.3 is 0 Å². The highest BCUT2D eigenvalue weighted by atomic mass is 35.5. The van der Waals surface area contributed by atoms with Crippen molar-refractivity contribution in [3.05, 3.63) is 22.7 Å². The number of hydrogen-bond acceptors (Lipinski definition) is 5. The maximum atomic E-state index is 10.7. The number of amides is 1. The number of primary amides is 1. The first-order valence-corrected chi connectivity index (χ1v) is 6.43. The first-order valence-electron chi connectivity index (χ1n) is 6.05. The number of carbonyl (C=O) groups is 1. The van der Waals surface area contributed by atoms with E-state index in [1.807, 2.05) is 0 Å². The van der Waals surface area contributed by atoms with E-state index >= 15 is 0 Å². The summed E-state index contributed by atoms with van der Waals surface area (Å²) in [6.07, 6.45) is 0. The molecular formula is C13H19ClN2O4. The average Bonchev–Trinajstić information content (AvgIpc) is 2.41. The van der Waals surface area contributed by atoms with E-state index in [4.69, 9.17) is 31.5 Å². The molecule has 1 aromatic carbocycles. The van der Waals surface area contributed by atoms with E-state index < -0.39 is 5.91 Å². The molecule has 20 heavy (non-hydrogen) atoms. The molecule has 3 N–H and O–H groups in total. The van der Waals surface area contributed by atoms with Gasteiger partial charge in [0.2, 0.25) is 0 Å². The summed E-state index contributed by atoms with van der Waals surface area (Å²) < 4.78 is 15.4. The molecule has 1 aromatic rings. The second kappa shape index (κ2) is 8.63. The number of benzene rings is 1. The van der Waals surface area contributed by atoms with Crippen molar-refractivity contribution in [3.63, 3.8) is 0 Å². The maximum Gasteiger partial charge on any atom is 0.255 e. The van der Waals surface area contributed by atoms with E-state index in [-0.39, 0.29) is 6.61 Å². The van der Waals surface area contributed by atoms with Crippen molar-refractivity contribution in [2.45, 2.75) is 6.54 Å². The van der Waals surface area contributed by atoms with E-state index in [9.17, 15) is 4.79 Å². The molecule has 0 fully saturated rings. The zero-order valence-corrected chi connectivity index (χ0v) is 12.3. The molecule has 0 heterocycles. The van der Waals surface area contributed by atoms with Gasteiger partial charge in [0.25, 0.3) is 5.91 Å². The van der Waals surface area contributed by atoms with Gasteiger partial charge < -0.3 is 25.3 Å². The fourth-order valence-corrected chi connectivity index (χ4v) is 1.85. The standard InChI is InChI=1S/C13H19ClN2O4/c1-18-4-3-16-7-9-5-10(14)13(11(6-9)19-2)20-8-12(15)17/h5-6,16H,3-4,7-8H2,1-2H3,(H2,15,17). The van der Waals surface area contributed by atoms with Crippen LogP contribution in [0.3, 0.4) is 0 Å². The predicted molar refractivity (Wildman–Crippen MR) is 76.3 cm³/mol. The van der Waals surface area contributed by atoms with Crippen molar-refractivity contribution >= 4 is 17.5 Å². The fraction of sp³-hybridized carbons (Fsp3) is 0.462. The van der Waals surface area contributed by atoms with Crippen LogP contribution < -0.4 is 20.5 Å². The van der Waals surface area contributed by atoms with Crippen molar-refractivity contribution in [2.24, 2.45) is 5.73 Å². The van der Waals surface area contributed by atoms with Gasteiger partial charge in [0, 0.05) is 20.2 Å². The minimum Gasteiger partial charge on any atom is -0.493 e. The topological polar surface area (TPSA) is 82.8 Å². The lowest BCUT2D eigenvalue weighted by molar-refractivity contribution is -0.119. The summed E-state index contributed by atoms with van der Waals surface area (Å²) in [6.45, 7) is 1.73. The van der Waals surface area contributed by atoms with Gasteiger partial charge in [-0.05, 0) is 17.7 Å². The zero-order chi connectivity index (χ0) is 15.0. The van der Waals surface area contributed by atoms with Crippen LogP contribution in [-0.4, -0.2) is 39.9 Å². The second-order valence-electron chi connectivity index (χ2n) is 4.03. The highest BCUT2D eigenvalue weighted by Gasteiger charge is 2.12.